The second-order valence-corrected chi connectivity index (χ2v) is 9.40. The van der Waals surface area contributed by atoms with Crippen molar-refractivity contribution in [2.24, 2.45) is 11.8 Å². The summed E-state index contributed by atoms with van der Waals surface area (Å²) in [6.45, 7) is 6.41. The number of nitrogen functional groups attached to an aromatic ring is 1. The van der Waals surface area contributed by atoms with E-state index in [0.717, 1.165) is 74.7 Å². The Labute approximate surface area is 208 Å². The Morgan fingerprint density at radius 1 is 1.11 bits per heavy atom. The van der Waals surface area contributed by atoms with E-state index in [2.05, 4.69) is 46.7 Å². The van der Waals surface area contributed by atoms with Gasteiger partial charge in [0.1, 0.15) is 5.75 Å². The van der Waals surface area contributed by atoms with E-state index in [0.29, 0.717) is 18.4 Å². The summed E-state index contributed by atoms with van der Waals surface area (Å²) in [5.74, 6) is 2.22. The van der Waals surface area contributed by atoms with Crippen molar-refractivity contribution in [3.05, 3.63) is 78.0 Å². The number of hydrogen-bond acceptors (Lipinski definition) is 5. The summed E-state index contributed by atoms with van der Waals surface area (Å²) in [6, 6.07) is 16.4. The van der Waals surface area contributed by atoms with Crippen LogP contribution in [0.4, 0.5) is 5.69 Å². The molecule has 0 aliphatic carbocycles. The smallest absolute Gasteiger partial charge is 0.119 e. The van der Waals surface area contributed by atoms with Gasteiger partial charge in [0.15, 0.2) is 0 Å². The number of nitrogens with one attached hydrogen (secondary N) is 2. The number of rotatable bonds is 11. The molecule has 1 aliphatic heterocycles. The van der Waals surface area contributed by atoms with E-state index in [9.17, 15) is 0 Å². The number of aromatic nitrogens is 2. The Balaban J connectivity index is 1.19. The number of hydrogen-bond donors (Lipinski definition) is 3. The fraction of sp³-hybridized carbons (Fsp3) is 0.414. The molecule has 2 atom stereocenters. The average Bonchev–Trinajstić information content (AvgIpc) is 3.33. The van der Waals surface area contributed by atoms with Crippen molar-refractivity contribution >= 4 is 5.69 Å². The summed E-state index contributed by atoms with van der Waals surface area (Å²) in [5, 5.41) is 10.5. The van der Waals surface area contributed by atoms with E-state index in [-0.39, 0.29) is 0 Å². The highest BCUT2D eigenvalue weighted by molar-refractivity contribution is 5.60. The Morgan fingerprint density at radius 2 is 2.03 bits per heavy atom. The van der Waals surface area contributed by atoms with Crippen LogP contribution in [0.3, 0.4) is 0 Å². The van der Waals surface area contributed by atoms with Gasteiger partial charge in [0.05, 0.1) is 12.3 Å². The molecule has 0 bridgehead atoms. The molecule has 6 heteroatoms. The molecule has 35 heavy (non-hydrogen) atoms. The summed E-state index contributed by atoms with van der Waals surface area (Å²) < 4.78 is 11.6. The molecule has 2 aromatic carbocycles. The summed E-state index contributed by atoms with van der Waals surface area (Å²) in [6.07, 6.45) is 10.3. The molecule has 2 unspecified atom stereocenters. The van der Waals surface area contributed by atoms with E-state index >= 15 is 0 Å². The highest BCUT2D eigenvalue weighted by Gasteiger charge is 2.21. The molecule has 4 rings (SSSR count). The molecule has 6 nitrogen and oxygen atoms in total. The summed E-state index contributed by atoms with van der Waals surface area (Å²) >= 11 is 0. The molecular formula is C29H38N4O2. The first-order chi connectivity index (χ1) is 17.2. The molecule has 1 aromatic heterocycles. The lowest BCUT2D eigenvalue weighted by atomic mass is 9.83. The second kappa shape index (κ2) is 13.1. The second-order valence-electron chi connectivity index (χ2n) is 9.40. The molecule has 186 valence electrons. The third-order valence-corrected chi connectivity index (χ3v) is 6.81. The predicted octanol–water partition coefficient (Wildman–Crippen LogP) is 5.38. The highest BCUT2D eigenvalue weighted by Crippen LogP contribution is 2.28. The molecule has 4 N–H and O–H groups in total. The minimum Gasteiger partial charge on any atom is -0.493 e. The number of nitrogens with zero attached hydrogens (tertiary/aromatic N) is 1. The molecule has 2 heterocycles. The van der Waals surface area contributed by atoms with Crippen LogP contribution in [0.1, 0.15) is 37.3 Å². The predicted molar refractivity (Wildman–Crippen MR) is 142 cm³/mol. The summed E-state index contributed by atoms with van der Waals surface area (Å²) in [7, 11) is 0. The SMILES string of the molecule is CC1CCOCCC1Cc1ccc(N)cc1CNC/C=C\CCOc1cccc(-c2ccn[nH]2)c1. The van der Waals surface area contributed by atoms with Crippen molar-refractivity contribution in [2.45, 2.75) is 39.2 Å². The molecule has 0 amide bonds. The van der Waals surface area contributed by atoms with E-state index in [1.54, 1.807) is 6.20 Å². The van der Waals surface area contributed by atoms with Crippen LogP contribution in [0.15, 0.2) is 66.9 Å². The number of benzene rings is 2. The largest absolute Gasteiger partial charge is 0.493 e. The zero-order chi connectivity index (χ0) is 24.3. The third kappa shape index (κ3) is 7.70. The number of ether oxygens (including phenoxy) is 2. The molecule has 1 fully saturated rings. The van der Waals surface area contributed by atoms with Gasteiger partial charge >= 0.3 is 0 Å². The first kappa shape index (κ1) is 25.0. The number of anilines is 1. The van der Waals surface area contributed by atoms with Gasteiger partial charge in [-0.15, -0.1) is 0 Å². The maximum Gasteiger partial charge on any atom is 0.119 e. The van der Waals surface area contributed by atoms with Crippen molar-refractivity contribution < 1.29 is 9.47 Å². The summed E-state index contributed by atoms with van der Waals surface area (Å²) in [4.78, 5) is 0. The van der Waals surface area contributed by atoms with Crippen molar-refractivity contribution in [1.29, 1.82) is 0 Å². The lowest BCUT2D eigenvalue weighted by Crippen LogP contribution is -2.18. The first-order valence-electron chi connectivity index (χ1n) is 12.7. The average molecular weight is 475 g/mol. The minimum atomic E-state index is 0.644. The van der Waals surface area contributed by atoms with Gasteiger partial charge in [-0.1, -0.05) is 37.3 Å². The zero-order valence-corrected chi connectivity index (χ0v) is 20.7. The number of H-pyrrole nitrogens is 1. The van der Waals surface area contributed by atoms with Crippen LogP contribution in [0, 0.1) is 11.8 Å². The third-order valence-electron chi connectivity index (χ3n) is 6.81. The van der Waals surface area contributed by atoms with Gasteiger partial charge in [-0.2, -0.15) is 5.10 Å². The van der Waals surface area contributed by atoms with Crippen LogP contribution in [-0.4, -0.2) is 36.6 Å². The Bertz CT molecular complexity index is 1060. The van der Waals surface area contributed by atoms with Gasteiger partial charge in [0, 0.05) is 43.8 Å². The van der Waals surface area contributed by atoms with Crippen LogP contribution in [-0.2, 0) is 17.7 Å². The lowest BCUT2D eigenvalue weighted by molar-refractivity contribution is 0.140. The van der Waals surface area contributed by atoms with Gasteiger partial charge in [-0.25, -0.2) is 0 Å². The molecule has 0 radical (unpaired) electrons. The molecule has 0 saturated carbocycles. The van der Waals surface area contributed by atoms with Crippen molar-refractivity contribution in [3.8, 4) is 17.0 Å². The van der Waals surface area contributed by atoms with Gasteiger partial charge < -0.3 is 20.5 Å². The molecule has 1 aliphatic rings. The maximum atomic E-state index is 6.10. The van der Waals surface area contributed by atoms with Crippen LogP contribution in [0.2, 0.25) is 0 Å². The fourth-order valence-corrected chi connectivity index (χ4v) is 4.63. The van der Waals surface area contributed by atoms with Crippen LogP contribution in [0.25, 0.3) is 11.3 Å². The van der Waals surface area contributed by atoms with Gasteiger partial charge in [-0.3, -0.25) is 5.10 Å². The van der Waals surface area contributed by atoms with Crippen molar-refractivity contribution in [2.75, 3.05) is 32.1 Å². The fourth-order valence-electron chi connectivity index (χ4n) is 4.63. The van der Waals surface area contributed by atoms with Crippen LogP contribution in [0.5, 0.6) is 5.75 Å². The number of nitrogens with two attached hydrogens (primary N) is 1. The Hall–Kier alpha value is -3.09. The van der Waals surface area contributed by atoms with Crippen LogP contribution < -0.4 is 15.8 Å². The maximum absolute atomic E-state index is 6.10. The summed E-state index contributed by atoms with van der Waals surface area (Å²) in [5.41, 5.74) is 11.7. The van der Waals surface area contributed by atoms with E-state index < -0.39 is 0 Å². The monoisotopic (exact) mass is 474 g/mol. The van der Waals surface area contributed by atoms with E-state index in [1.165, 1.54) is 11.1 Å². The quantitative estimate of drug-likeness (QED) is 0.197. The minimum absolute atomic E-state index is 0.644. The van der Waals surface area contributed by atoms with Crippen molar-refractivity contribution in [1.82, 2.24) is 15.5 Å². The van der Waals surface area contributed by atoms with Gasteiger partial charge in [0.2, 0.25) is 0 Å². The molecule has 0 spiro atoms. The molecule has 1 saturated heterocycles. The molecule has 3 aromatic rings. The highest BCUT2D eigenvalue weighted by atomic mass is 16.5. The Kier molecular flexibility index (Phi) is 9.38. The normalized spacial score (nSPS) is 18.5. The number of aromatic amines is 1. The van der Waals surface area contributed by atoms with E-state index in [1.807, 2.05) is 36.4 Å². The van der Waals surface area contributed by atoms with Gasteiger partial charge in [0.25, 0.3) is 0 Å². The lowest BCUT2D eigenvalue weighted by Gasteiger charge is -2.22. The standard InChI is InChI=1S/C29H38N4O2/c1-22-11-16-34-17-12-23(22)18-24-8-9-27(30)19-26(24)21-31-13-3-2-4-15-35-28-7-5-6-25(20-28)29-10-14-32-33-29/h2-3,5-10,14,19-20,22-23,31H,4,11-13,15-18,21,30H2,1H3,(H,32,33)/b3-2-. The topological polar surface area (TPSA) is 85.2 Å². The first-order valence-corrected chi connectivity index (χ1v) is 12.7. The Morgan fingerprint density at radius 3 is 2.91 bits per heavy atom. The van der Waals surface area contributed by atoms with Gasteiger partial charge in [-0.05, 0) is 79.0 Å². The van der Waals surface area contributed by atoms with Crippen LogP contribution >= 0.6 is 0 Å². The van der Waals surface area contributed by atoms with Crippen molar-refractivity contribution in [3.63, 3.8) is 0 Å². The van der Waals surface area contributed by atoms with E-state index in [4.69, 9.17) is 15.2 Å². The molecular weight excluding hydrogens is 436 g/mol. The zero-order valence-electron chi connectivity index (χ0n) is 20.7.